The van der Waals surface area contributed by atoms with Crippen molar-refractivity contribution < 1.29 is 0 Å². The van der Waals surface area contributed by atoms with Crippen molar-refractivity contribution in [3.63, 3.8) is 0 Å². The van der Waals surface area contributed by atoms with Crippen LogP contribution in [-0.4, -0.2) is 25.4 Å². The molecule has 0 fully saturated rings. The second kappa shape index (κ2) is 5.36. The third-order valence-corrected chi connectivity index (χ3v) is 3.20. The highest BCUT2D eigenvalue weighted by Crippen LogP contribution is 2.17. The van der Waals surface area contributed by atoms with Gasteiger partial charge in [0.1, 0.15) is 11.3 Å². The van der Waals surface area contributed by atoms with E-state index in [-0.39, 0.29) is 0 Å². The van der Waals surface area contributed by atoms with Gasteiger partial charge in [0.15, 0.2) is 0 Å². The molecule has 0 aliphatic carbocycles. The molecule has 0 radical (unpaired) electrons. The minimum Gasteiger partial charge on any atom is -0.323 e. The average molecular weight is 273 g/mol. The van der Waals surface area contributed by atoms with Gasteiger partial charge >= 0.3 is 0 Å². The summed E-state index contributed by atoms with van der Waals surface area (Å²) in [6, 6.07) is 5.98. The first-order valence-electron chi connectivity index (χ1n) is 6.12. The zero-order chi connectivity index (χ0) is 13.1. The quantitative estimate of drug-likeness (QED) is 0.686. The van der Waals surface area contributed by atoms with Crippen molar-refractivity contribution in [2.45, 2.75) is 13.0 Å². The van der Waals surface area contributed by atoms with Gasteiger partial charge in [-0.2, -0.15) is 0 Å². The summed E-state index contributed by atoms with van der Waals surface area (Å²) in [4.78, 5) is 12.9. The van der Waals surface area contributed by atoms with Crippen molar-refractivity contribution in [3.05, 3.63) is 54.4 Å². The molecule has 0 saturated carbocycles. The number of hydrogen-bond acceptors (Lipinski definition) is 3. The molecule has 3 aromatic heterocycles. The van der Waals surface area contributed by atoms with Gasteiger partial charge in [-0.1, -0.05) is 6.07 Å². The molecule has 4 nitrogen and oxygen atoms in total. The highest BCUT2D eigenvalue weighted by atomic mass is 35.5. The largest absolute Gasteiger partial charge is 0.323 e. The van der Waals surface area contributed by atoms with Gasteiger partial charge in [-0.05, 0) is 17.7 Å². The van der Waals surface area contributed by atoms with Crippen LogP contribution in [0.15, 0.2) is 43.0 Å². The zero-order valence-electron chi connectivity index (χ0n) is 10.3. The standard InChI is InChI=1S/C14H13ClN4/c15-5-3-14-18-12-9-17-7-4-13(12)19(14)10-11-2-1-6-16-8-11/h1-2,4,6-9H,3,5,10H2. The van der Waals surface area contributed by atoms with E-state index in [1.54, 1.807) is 18.6 Å². The molecule has 3 heterocycles. The van der Waals surface area contributed by atoms with Gasteiger partial charge in [0, 0.05) is 30.9 Å². The number of halogens is 1. The highest BCUT2D eigenvalue weighted by Gasteiger charge is 2.10. The van der Waals surface area contributed by atoms with Crippen LogP contribution < -0.4 is 0 Å². The monoisotopic (exact) mass is 272 g/mol. The number of aryl methyl sites for hydroxylation is 1. The number of rotatable bonds is 4. The van der Waals surface area contributed by atoms with Crippen molar-refractivity contribution in [2.75, 3.05) is 5.88 Å². The topological polar surface area (TPSA) is 43.6 Å². The highest BCUT2D eigenvalue weighted by molar-refractivity contribution is 6.17. The average Bonchev–Trinajstić information content (AvgIpc) is 2.79. The molecule has 0 aliphatic heterocycles. The lowest BCUT2D eigenvalue weighted by molar-refractivity contribution is 0.752. The maximum atomic E-state index is 5.86. The van der Waals surface area contributed by atoms with Gasteiger partial charge < -0.3 is 4.57 Å². The molecule has 19 heavy (non-hydrogen) atoms. The summed E-state index contributed by atoms with van der Waals surface area (Å²) in [6.07, 6.45) is 7.97. The number of nitrogens with zero attached hydrogens (tertiary/aromatic N) is 4. The number of aromatic nitrogens is 4. The van der Waals surface area contributed by atoms with E-state index in [9.17, 15) is 0 Å². The van der Waals surface area contributed by atoms with Crippen LogP contribution in [0.25, 0.3) is 11.0 Å². The maximum absolute atomic E-state index is 5.86. The van der Waals surface area contributed by atoms with Crippen LogP contribution in [0.3, 0.4) is 0 Å². The predicted octanol–water partition coefficient (Wildman–Crippen LogP) is 2.66. The summed E-state index contributed by atoms with van der Waals surface area (Å²) < 4.78 is 2.18. The normalized spacial score (nSPS) is 11.0. The second-order valence-electron chi connectivity index (χ2n) is 4.28. The van der Waals surface area contributed by atoms with Gasteiger partial charge in [-0.3, -0.25) is 9.97 Å². The second-order valence-corrected chi connectivity index (χ2v) is 4.66. The fraction of sp³-hybridized carbons (Fsp3) is 0.214. The van der Waals surface area contributed by atoms with Crippen LogP contribution in [0.5, 0.6) is 0 Å². The SMILES string of the molecule is ClCCc1nc2cnccc2n1Cc1cccnc1. The molecule has 96 valence electrons. The third-order valence-electron chi connectivity index (χ3n) is 3.01. The van der Waals surface area contributed by atoms with Crippen molar-refractivity contribution >= 4 is 22.6 Å². The van der Waals surface area contributed by atoms with Gasteiger partial charge in [0.25, 0.3) is 0 Å². The van der Waals surface area contributed by atoms with E-state index >= 15 is 0 Å². The van der Waals surface area contributed by atoms with Gasteiger partial charge in [-0.15, -0.1) is 11.6 Å². The maximum Gasteiger partial charge on any atom is 0.111 e. The Balaban J connectivity index is 2.07. The number of hydrogen-bond donors (Lipinski definition) is 0. The number of fused-ring (bicyclic) bond motifs is 1. The van der Waals surface area contributed by atoms with Crippen LogP contribution in [0.4, 0.5) is 0 Å². The Morgan fingerprint density at radius 1 is 1.11 bits per heavy atom. The van der Waals surface area contributed by atoms with Crippen LogP contribution in [0, 0.1) is 0 Å². The van der Waals surface area contributed by atoms with Crippen molar-refractivity contribution in [3.8, 4) is 0 Å². The predicted molar refractivity (Wildman–Crippen MR) is 75.3 cm³/mol. The minimum absolute atomic E-state index is 0.559. The number of pyridine rings is 2. The molecule has 0 bridgehead atoms. The summed E-state index contributed by atoms with van der Waals surface area (Å²) >= 11 is 5.86. The molecule has 0 amide bonds. The molecule has 0 aromatic carbocycles. The number of alkyl halides is 1. The molecule has 0 saturated heterocycles. The fourth-order valence-corrected chi connectivity index (χ4v) is 2.33. The molecule has 0 aliphatic rings. The van der Waals surface area contributed by atoms with E-state index in [4.69, 9.17) is 11.6 Å². The zero-order valence-corrected chi connectivity index (χ0v) is 11.1. The molecular formula is C14H13ClN4. The first-order chi connectivity index (χ1) is 9.38. The minimum atomic E-state index is 0.559. The molecule has 3 rings (SSSR count). The van der Waals surface area contributed by atoms with Gasteiger partial charge in [0.05, 0.1) is 18.3 Å². The van der Waals surface area contributed by atoms with E-state index < -0.39 is 0 Å². The third kappa shape index (κ3) is 2.44. The van der Waals surface area contributed by atoms with Crippen LogP contribution in [-0.2, 0) is 13.0 Å². The van der Waals surface area contributed by atoms with Crippen LogP contribution in [0.1, 0.15) is 11.4 Å². The lowest BCUT2D eigenvalue weighted by Crippen LogP contribution is -2.06. The van der Waals surface area contributed by atoms with Crippen molar-refractivity contribution in [1.82, 2.24) is 19.5 Å². The van der Waals surface area contributed by atoms with E-state index in [1.807, 2.05) is 18.3 Å². The van der Waals surface area contributed by atoms with Gasteiger partial charge in [0.2, 0.25) is 0 Å². The lowest BCUT2D eigenvalue weighted by atomic mass is 10.2. The summed E-state index contributed by atoms with van der Waals surface area (Å²) in [6.45, 7) is 0.751. The molecule has 3 aromatic rings. The number of imidazole rings is 1. The molecule has 0 unspecified atom stereocenters. The van der Waals surface area contributed by atoms with Crippen LogP contribution >= 0.6 is 11.6 Å². The summed E-state index contributed by atoms with van der Waals surface area (Å²) in [7, 11) is 0. The van der Waals surface area contributed by atoms with E-state index in [0.29, 0.717) is 5.88 Å². The van der Waals surface area contributed by atoms with E-state index in [2.05, 4.69) is 25.6 Å². The molecule has 0 N–H and O–H groups in total. The Kier molecular flexibility index (Phi) is 3.42. The molecule has 0 atom stereocenters. The molecular weight excluding hydrogens is 260 g/mol. The Morgan fingerprint density at radius 3 is 2.79 bits per heavy atom. The first kappa shape index (κ1) is 12.1. The fourth-order valence-electron chi connectivity index (χ4n) is 2.16. The Hall–Kier alpha value is -1.94. The molecule has 0 spiro atoms. The summed E-state index contributed by atoms with van der Waals surface area (Å²) in [5, 5.41) is 0. The smallest absolute Gasteiger partial charge is 0.111 e. The Labute approximate surface area is 116 Å². The Bertz CT molecular complexity index is 678. The van der Waals surface area contributed by atoms with Crippen LogP contribution in [0.2, 0.25) is 0 Å². The lowest BCUT2D eigenvalue weighted by Gasteiger charge is -2.08. The Morgan fingerprint density at radius 2 is 2.00 bits per heavy atom. The van der Waals surface area contributed by atoms with E-state index in [1.165, 1.54) is 0 Å². The van der Waals surface area contributed by atoms with E-state index in [0.717, 1.165) is 35.4 Å². The molecule has 5 heteroatoms. The van der Waals surface area contributed by atoms with Crippen molar-refractivity contribution in [1.29, 1.82) is 0 Å². The summed E-state index contributed by atoms with van der Waals surface area (Å²) in [5.41, 5.74) is 3.14. The van der Waals surface area contributed by atoms with Gasteiger partial charge in [-0.25, -0.2) is 4.98 Å². The van der Waals surface area contributed by atoms with Crippen molar-refractivity contribution in [2.24, 2.45) is 0 Å². The first-order valence-corrected chi connectivity index (χ1v) is 6.66. The summed E-state index contributed by atoms with van der Waals surface area (Å²) in [5.74, 6) is 1.55.